The number of nitrogens with one attached hydrogen (secondary N) is 1. The average Bonchev–Trinajstić information content (AvgIpc) is 2.14. The maximum absolute atomic E-state index is 9.16. The van der Waals surface area contributed by atoms with Crippen LogP contribution >= 0.6 is 0 Å². The van der Waals surface area contributed by atoms with Gasteiger partial charge in [-0.1, -0.05) is 20.8 Å². The highest BCUT2D eigenvalue weighted by molar-refractivity contribution is 4.83. The highest BCUT2D eigenvalue weighted by Gasteiger charge is 2.22. The van der Waals surface area contributed by atoms with E-state index in [0.29, 0.717) is 6.04 Å². The minimum atomic E-state index is -0.0866. The second-order valence-electron chi connectivity index (χ2n) is 3.73. The molecule has 0 bridgehead atoms. The summed E-state index contributed by atoms with van der Waals surface area (Å²) in [5.74, 6) is 0. The van der Waals surface area contributed by atoms with Crippen molar-refractivity contribution >= 4 is 0 Å². The fraction of sp³-hybridized carbons (Fsp3) is 1.00. The van der Waals surface area contributed by atoms with Gasteiger partial charge in [-0.25, -0.2) is 0 Å². The van der Waals surface area contributed by atoms with Crippen LogP contribution in [0.15, 0.2) is 0 Å². The summed E-state index contributed by atoms with van der Waals surface area (Å²) >= 11 is 0. The van der Waals surface area contributed by atoms with Crippen molar-refractivity contribution in [3.05, 3.63) is 0 Å². The molecular formula is C10H23NO. The predicted octanol–water partition coefficient (Wildman–Crippen LogP) is 1.93. The Hall–Kier alpha value is -0.0800. The first-order chi connectivity index (χ1) is 5.61. The molecule has 2 heteroatoms. The SMILES string of the molecule is CCC(CC)NC(C)(CC)CO. The van der Waals surface area contributed by atoms with E-state index < -0.39 is 0 Å². The van der Waals surface area contributed by atoms with Gasteiger partial charge in [-0.3, -0.25) is 0 Å². The number of rotatable bonds is 6. The molecule has 0 amide bonds. The summed E-state index contributed by atoms with van der Waals surface area (Å²) in [6.07, 6.45) is 3.23. The third-order valence-electron chi connectivity index (χ3n) is 2.67. The molecule has 74 valence electrons. The van der Waals surface area contributed by atoms with Gasteiger partial charge in [0.05, 0.1) is 6.61 Å². The molecule has 0 rings (SSSR count). The van der Waals surface area contributed by atoms with Crippen molar-refractivity contribution in [3.8, 4) is 0 Å². The van der Waals surface area contributed by atoms with Gasteiger partial charge in [0, 0.05) is 11.6 Å². The van der Waals surface area contributed by atoms with Crippen molar-refractivity contribution in [2.75, 3.05) is 6.61 Å². The molecule has 0 heterocycles. The third kappa shape index (κ3) is 3.55. The van der Waals surface area contributed by atoms with Gasteiger partial charge in [0.15, 0.2) is 0 Å². The molecule has 0 fully saturated rings. The van der Waals surface area contributed by atoms with Gasteiger partial charge in [-0.15, -0.1) is 0 Å². The quantitative estimate of drug-likeness (QED) is 0.643. The number of hydrogen-bond donors (Lipinski definition) is 2. The van der Waals surface area contributed by atoms with E-state index in [-0.39, 0.29) is 12.1 Å². The van der Waals surface area contributed by atoms with E-state index in [1.54, 1.807) is 0 Å². The molecule has 0 aliphatic rings. The number of aliphatic hydroxyl groups is 1. The molecule has 12 heavy (non-hydrogen) atoms. The zero-order chi connectivity index (χ0) is 9.61. The first kappa shape index (κ1) is 11.9. The molecule has 0 aromatic rings. The van der Waals surface area contributed by atoms with Gasteiger partial charge < -0.3 is 10.4 Å². The van der Waals surface area contributed by atoms with Crippen LogP contribution in [-0.2, 0) is 0 Å². The average molecular weight is 173 g/mol. The van der Waals surface area contributed by atoms with E-state index in [1.807, 2.05) is 0 Å². The van der Waals surface area contributed by atoms with E-state index in [0.717, 1.165) is 19.3 Å². The molecule has 2 N–H and O–H groups in total. The summed E-state index contributed by atoms with van der Waals surface area (Å²) in [6, 6.07) is 0.544. The van der Waals surface area contributed by atoms with Crippen molar-refractivity contribution in [1.29, 1.82) is 0 Å². The van der Waals surface area contributed by atoms with Crippen LogP contribution in [0.4, 0.5) is 0 Å². The minimum absolute atomic E-state index is 0.0866. The fourth-order valence-corrected chi connectivity index (χ4v) is 1.25. The van der Waals surface area contributed by atoms with Gasteiger partial charge in [0.25, 0.3) is 0 Å². The molecule has 0 saturated carbocycles. The largest absolute Gasteiger partial charge is 0.394 e. The zero-order valence-corrected chi connectivity index (χ0v) is 8.85. The topological polar surface area (TPSA) is 32.3 Å². The van der Waals surface area contributed by atoms with E-state index in [2.05, 4.69) is 33.0 Å². The lowest BCUT2D eigenvalue weighted by Gasteiger charge is -2.32. The Morgan fingerprint density at radius 3 is 2.00 bits per heavy atom. The lowest BCUT2D eigenvalue weighted by molar-refractivity contribution is 0.154. The molecule has 2 nitrogen and oxygen atoms in total. The molecule has 1 unspecified atom stereocenters. The molecule has 0 aromatic carbocycles. The van der Waals surface area contributed by atoms with Crippen LogP contribution in [0.25, 0.3) is 0 Å². The zero-order valence-electron chi connectivity index (χ0n) is 8.85. The second kappa shape index (κ2) is 5.55. The Bertz CT molecular complexity index is 106. The molecule has 0 aliphatic carbocycles. The summed E-state index contributed by atoms with van der Waals surface area (Å²) in [5, 5.41) is 12.6. The van der Waals surface area contributed by atoms with E-state index >= 15 is 0 Å². The van der Waals surface area contributed by atoms with Crippen LogP contribution in [0.1, 0.15) is 47.0 Å². The van der Waals surface area contributed by atoms with Gasteiger partial charge >= 0.3 is 0 Å². The number of aliphatic hydroxyl groups excluding tert-OH is 1. The molecule has 1 atom stereocenters. The Labute approximate surface area is 76.4 Å². The third-order valence-corrected chi connectivity index (χ3v) is 2.67. The second-order valence-corrected chi connectivity index (χ2v) is 3.73. The maximum Gasteiger partial charge on any atom is 0.0610 e. The molecule has 0 radical (unpaired) electrons. The van der Waals surface area contributed by atoms with E-state index in [4.69, 9.17) is 5.11 Å². The molecule has 0 aromatic heterocycles. The summed E-state index contributed by atoms with van der Waals surface area (Å²) in [5.41, 5.74) is -0.0866. The Morgan fingerprint density at radius 2 is 1.75 bits per heavy atom. The van der Waals surface area contributed by atoms with E-state index in [9.17, 15) is 0 Å². The molecule has 0 saturated heterocycles. The summed E-state index contributed by atoms with van der Waals surface area (Å²) in [6.45, 7) is 8.75. The van der Waals surface area contributed by atoms with Crippen LogP contribution in [0.3, 0.4) is 0 Å². The summed E-state index contributed by atoms with van der Waals surface area (Å²) in [4.78, 5) is 0. The lowest BCUT2D eigenvalue weighted by Crippen LogP contribution is -2.50. The van der Waals surface area contributed by atoms with E-state index in [1.165, 1.54) is 0 Å². The van der Waals surface area contributed by atoms with Crippen LogP contribution in [-0.4, -0.2) is 23.3 Å². The van der Waals surface area contributed by atoms with Gasteiger partial charge in [-0.05, 0) is 26.2 Å². The Kier molecular flexibility index (Phi) is 5.51. The van der Waals surface area contributed by atoms with Crippen LogP contribution < -0.4 is 5.32 Å². The monoisotopic (exact) mass is 173 g/mol. The molecule has 0 aliphatic heterocycles. The van der Waals surface area contributed by atoms with Crippen molar-refractivity contribution < 1.29 is 5.11 Å². The standard InChI is InChI=1S/C10H23NO/c1-5-9(6-2)11-10(4,7-3)8-12/h9,11-12H,5-8H2,1-4H3. The van der Waals surface area contributed by atoms with Crippen LogP contribution in [0.2, 0.25) is 0 Å². The normalized spacial score (nSPS) is 16.5. The summed E-state index contributed by atoms with van der Waals surface area (Å²) in [7, 11) is 0. The molecular weight excluding hydrogens is 150 g/mol. The smallest absolute Gasteiger partial charge is 0.0610 e. The van der Waals surface area contributed by atoms with Gasteiger partial charge in [0.1, 0.15) is 0 Å². The maximum atomic E-state index is 9.16. The number of hydrogen-bond acceptors (Lipinski definition) is 2. The predicted molar refractivity (Wildman–Crippen MR) is 53.3 cm³/mol. The fourth-order valence-electron chi connectivity index (χ4n) is 1.25. The van der Waals surface area contributed by atoms with Crippen molar-refractivity contribution in [2.24, 2.45) is 0 Å². The Morgan fingerprint density at radius 1 is 1.25 bits per heavy atom. The van der Waals surface area contributed by atoms with Gasteiger partial charge in [-0.2, -0.15) is 0 Å². The van der Waals surface area contributed by atoms with Crippen molar-refractivity contribution in [2.45, 2.75) is 58.5 Å². The van der Waals surface area contributed by atoms with Crippen LogP contribution in [0, 0.1) is 0 Å². The molecule has 0 spiro atoms. The Balaban J connectivity index is 3.99. The van der Waals surface area contributed by atoms with Gasteiger partial charge in [0.2, 0.25) is 0 Å². The van der Waals surface area contributed by atoms with Crippen molar-refractivity contribution in [3.63, 3.8) is 0 Å². The highest BCUT2D eigenvalue weighted by Crippen LogP contribution is 2.11. The first-order valence-corrected chi connectivity index (χ1v) is 5.00. The van der Waals surface area contributed by atoms with Crippen molar-refractivity contribution in [1.82, 2.24) is 5.32 Å². The lowest BCUT2D eigenvalue weighted by atomic mass is 9.97. The summed E-state index contributed by atoms with van der Waals surface area (Å²) < 4.78 is 0. The minimum Gasteiger partial charge on any atom is -0.394 e. The first-order valence-electron chi connectivity index (χ1n) is 5.00. The van der Waals surface area contributed by atoms with Crippen LogP contribution in [0.5, 0.6) is 0 Å². The highest BCUT2D eigenvalue weighted by atomic mass is 16.3.